The molecular formula is C22H35NO5. The number of aliphatic hydroxyl groups excluding tert-OH is 1. The van der Waals surface area contributed by atoms with Crippen LogP contribution in [0.5, 0.6) is 0 Å². The van der Waals surface area contributed by atoms with Crippen molar-refractivity contribution in [3.05, 3.63) is 11.3 Å². The average Bonchev–Trinajstić information content (AvgIpc) is 3.37. The number of carboxylic acids is 1. The summed E-state index contributed by atoms with van der Waals surface area (Å²) in [6.45, 7) is 6.68. The number of aliphatic carboxylic acids is 1. The number of esters is 1. The molecule has 2 aliphatic rings. The zero-order valence-electron chi connectivity index (χ0n) is 17.6. The molecular weight excluding hydrogens is 358 g/mol. The van der Waals surface area contributed by atoms with Gasteiger partial charge in [-0.3, -0.25) is 9.59 Å². The van der Waals surface area contributed by atoms with Crippen LogP contribution in [0.15, 0.2) is 11.3 Å². The number of hydrogen-bond acceptors (Lipinski definition) is 5. The summed E-state index contributed by atoms with van der Waals surface area (Å²) in [5.41, 5.74) is 1.41. The van der Waals surface area contributed by atoms with Crippen LogP contribution in [-0.4, -0.2) is 35.0 Å². The molecule has 2 fully saturated rings. The van der Waals surface area contributed by atoms with E-state index in [1.54, 1.807) is 0 Å². The Morgan fingerprint density at radius 3 is 2.21 bits per heavy atom. The molecule has 0 spiro atoms. The van der Waals surface area contributed by atoms with Crippen LogP contribution < -0.4 is 0 Å². The van der Waals surface area contributed by atoms with Crippen molar-refractivity contribution in [2.75, 3.05) is 7.11 Å². The van der Waals surface area contributed by atoms with Gasteiger partial charge in [0, 0.05) is 29.5 Å². The molecule has 2 saturated carbocycles. The third-order valence-electron chi connectivity index (χ3n) is 5.83. The minimum absolute atomic E-state index is 0.0121. The van der Waals surface area contributed by atoms with Gasteiger partial charge in [0.25, 0.3) is 0 Å². The predicted molar refractivity (Wildman–Crippen MR) is 107 cm³/mol. The van der Waals surface area contributed by atoms with Gasteiger partial charge in [0.1, 0.15) is 5.76 Å². The summed E-state index contributed by atoms with van der Waals surface area (Å²) in [6.07, 6.45) is 4.94. The van der Waals surface area contributed by atoms with Gasteiger partial charge in [0.15, 0.2) is 0 Å². The van der Waals surface area contributed by atoms with Crippen LogP contribution in [0.4, 0.5) is 0 Å². The summed E-state index contributed by atoms with van der Waals surface area (Å²) in [5, 5.41) is 28.9. The van der Waals surface area contributed by atoms with Crippen molar-refractivity contribution >= 4 is 17.7 Å². The van der Waals surface area contributed by atoms with E-state index >= 15 is 0 Å². The predicted octanol–water partition coefficient (Wildman–Crippen LogP) is 4.73. The van der Waals surface area contributed by atoms with E-state index in [9.17, 15) is 19.8 Å². The lowest BCUT2D eigenvalue weighted by Crippen LogP contribution is -2.34. The fourth-order valence-electron chi connectivity index (χ4n) is 4.32. The molecule has 0 unspecified atom stereocenters. The molecule has 2 aliphatic carbocycles. The maximum atomic E-state index is 11.5. The molecule has 0 aliphatic heterocycles. The van der Waals surface area contributed by atoms with Gasteiger partial charge in [0.2, 0.25) is 0 Å². The van der Waals surface area contributed by atoms with Crippen LogP contribution in [0.1, 0.15) is 72.1 Å². The van der Waals surface area contributed by atoms with Crippen LogP contribution >= 0.6 is 0 Å². The summed E-state index contributed by atoms with van der Waals surface area (Å²) in [5.74, 6) is -1.16. The van der Waals surface area contributed by atoms with Gasteiger partial charge < -0.3 is 20.4 Å². The van der Waals surface area contributed by atoms with Crippen molar-refractivity contribution < 1.29 is 24.5 Å². The van der Waals surface area contributed by atoms with Crippen molar-refractivity contribution in [1.29, 1.82) is 5.41 Å². The second-order valence-corrected chi connectivity index (χ2v) is 9.70. The lowest BCUT2D eigenvalue weighted by molar-refractivity contribution is -0.142. The fourth-order valence-corrected chi connectivity index (χ4v) is 4.32. The zero-order valence-corrected chi connectivity index (χ0v) is 17.6. The maximum absolute atomic E-state index is 11.5. The van der Waals surface area contributed by atoms with Crippen molar-refractivity contribution in [3.8, 4) is 0 Å². The van der Waals surface area contributed by atoms with E-state index in [0.717, 1.165) is 32.1 Å². The van der Waals surface area contributed by atoms with Gasteiger partial charge in [-0.25, -0.2) is 0 Å². The van der Waals surface area contributed by atoms with Crippen molar-refractivity contribution in [2.45, 2.75) is 72.1 Å². The molecule has 28 heavy (non-hydrogen) atoms. The highest BCUT2D eigenvalue weighted by atomic mass is 16.5. The highest BCUT2D eigenvalue weighted by Gasteiger charge is 2.41. The summed E-state index contributed by atoms with van der Waals surface area (Å²) in [7, 11) is 1.29. The first-order valence-corrected chi connectivity index (χ1v) is 10.3. The minimum Gasteiger partial charge on any atom is -0.512 e. The van der Waals surface area contributed by atoms with Crippen LogP contribution in [-0.2, 0) is 14.3 Å². The van der Waals surface area contributed by atoms with Gasteiger partial charge in [-0.1, -0.05) is 20.8 Å². The summed E-state index contributed by atoms with van der Waals surface area (Å²) in [6, 6.07) is 0. The van der Waals surface area contributed by atoms with E-state index in [-0.39, 0.29) is 42.3 Å². The van der Waals surface area contributed by atoms with Crippen LogP contribution in [0.25, 0.3) is 0 Å². The summed E-state index contributed by atoms with van der Waals surface area (Å²) in [4.78, 5) is 22.8. The summed E-state index contributed by atoms with van der Waals surface area (Å²) >= 11 is 0. The number of nitrogens with one attached hydrogen (secondary N) is 1. The molecule has 0 radical (unpaired) electrons. The molecule has 1 atom stereocenters. The standard InChI is InChI=1S/C22H35NO5/c1-22(2,3)12-13-9-16(10-13)20(23)19(14-5-6-14)21(27)15(11-17(24)25)7-8-18(26)28-4/h13-16,23,27H,5-12H2,1-4H3,(H,24,25)/b21-19-,23-20?/t13-,15-,16+/m0/s1. The Hall–Kier alpha value is -1.85. The molecule has 3 N–H and O–H groups in total. The number of methoxy groups -OCH3 is 1. The van der Waals surface area contributed by atoms with Crippen LogP contribution in [0.3, 0.4) is 0 Å². The topological polar surface area (TPSA) is 108 Å². The SMILES string of the molecule is COC(=O)CC[C@@H](CC(=O)O)/C(O)=C(/C(=N)[C@H]1C[C@@H](CC(C)(C)C)C1)C1CC1. The van der Waals surface area contributed by atoms with Crippen molar-refractivity contribution in [2.24, 2.45) is 29.1 Å². The van der Waals surface area contributed by atoms with Gasteiger partial charge in [-0.2, -0.15) is 0 Å². The molecule has 0 amide bonds. The van der Waals surface area contributed by atoms with Gasteiger partial charge >= 0.3 is 11.9 Å². The number of ether oxygens (including phenoxy) is 1. The number of carbonyl (C=O) groups excluding carboxylic acids is 1. The minimum atomic E-state index is -1.02. The quantitative estimate of drug-likeness (QED) is 0.282. The smallest absolute Gasteiger partial charge is 0.305 e. The summed E-state index contributed by atoms with van der Waals surface area (Å²) < 4.78 is 4.64. The number of hydrogen-bond donors (Lipinski definition) is 3. The van der Waals surface area contributed by atoms with Gasteiger partial charge in [0.05, 0.1) is 13.5 Å². The average molecular weight is 394 g/mol. The number of carboxylic acid groups (broad SMARTS) is 1. The van der Waals surface area contributed by atoms with E-state index in [1.807, 2.05) is 0 Å². The van der Waals surface area contributed by atoms with Crippen LogP contribution in [0.2, 0.25) is 0 Å². The van der Waals surface area contributed by atoms with Crippen molar-refractivity contribution in [1.82, 2.24) is 0 Å². The molecule has 158 valence electrons. The normalized spacial score (nSPS) is 24.0. The Balaban J connectivity index is 2.12. The van der Waals surface area contributed by atoms with E-state index < -0.39 is 17.9 Å². The number of allylic oxidation sites excluding steroid dienone is 2. The maximum Gasteiger partial charge on any atom is 0.305 e. The Morgan fingerprint density at radius 2 is 1.75 bits per heavy atom. The largest absolute Gasteiger partial charge is 0.512 e. The fraction of sp³-hybridized carbons (Fsp3) is 0.773. The third kappa shape index (κ3) is 6.35. The first-order chi connectivity index (χ1) is 13.0. The molecule has 0 heterocycles. The lowest BCUT2D eigenvalue weighted by Gasteiger charge is -2.40. The Bertz CT molecular complexity index is 636. The second-order valence-electron chi connectivity index (χ2n) is 9.70. The zero-order chi connectivity index (χ0) is 21.1. The molecule has 6 heteroatoms. The number of rotatable bonds is 10. The molecule has 0 aromatic heterocycles. The monoisotopic (exact) mass is 393 g/mol. The lowest BCUT2D eigenvalue weighted by atomic mass is 9.65. The first-order valence-electron chi connectivity index (χ1n) is 10.3. The molecule has 0 bridgehead atoms. The molecule has 2 rings (SSSR count). The van der Waals surface area contributed by atoms with E-state index in [1.165, 1.54) is 7.11 Å². The number of aliphatic hydroxyl groups is 1. The first kappa shape index (κ1) is 22.4. The Morgan fingerprint density at radius 1 is 1.14 bits per heavy atom. The van der Waals surface area contributed by atoms with E-state index in [0.29, 0.717) is 17.2 Å². The number of carbonyl (C=O) groups is 2. The third-order valence-corrected chi connectivity index (χ3v) is 5.83. The van der Waals surface area contributed by atoms with E-state index in [4.69, 9.17) is 5.41 Å². The second kappa shape index (κ2) is 9.10. The molecule has 6 nitrogen and oxygen atoms in total. The Kier molecular flexibility index (Phi) is 7.29. The molecule has 0 saturated heterocycles. The van der Waals surface area contributed by atoms with E-state index in [2.05, 4.69) is 25.5 Å². The highest BCUT2D eigenvalue weighted by Crippen LogP contribution is 2.47. The van der Waals surface area contributed by atoms with Crippen LogP contribution in [0, 0.1) is 34.5 Å². The van der Waals surface area contributed by atoms with Gasteiger partial charge in [-0.15, -0.1) is 0 Å². The Labute approximate surface area is 167 Å². The molecule has 0 aromatic carbocycles. The van der Waals surface area contributed by atoms with Crippen molar-refractivity contribution in [3.63, 3.8) is 0 Å². The van der Waals surface area contributed by atoms with Gasteiger partial charge in [-0.05, 0) is 55.8 Å². The molecule has 0 aromatic rings. The highest BCUT2D eigenvalue weighted by molar-refractivity contribution is 6.01.